The highest BCUT2D eigenvalue weighted by molar-refractivity contribution is 5.92. The summed E-state index contributed by atoms with van der Waals surface area (Å²) < 4.78 is 0. The number of benzene rings is 1. The fourth-order valence-corrected chi connectivity index (χ4v) is 1.78. The van der Waals surface area contributed by atoms with Crippen LogP contribution in [0.4, 0.5) is 0 Å². The summed E-state index contributed by atoms with van der Waals surface area (Å²) in [5, 5.41) is 11.2. The van der Waals surface area contributed by atoms with Gasteiger partial charge >= 0.3 is 5.97 Å². The van der Waals surface area contributed by atoms with Crippen LogP contribution in [0.15, 0.2) is 24.3 Å². The van der Waals surface area contributed by atoms with Gasteiger partial charge in [0.1, 0.15) is 0 Å². The van der Waals surface area contributed by atoms with E-state index in [0.717, 1.165) is 11.1 Å². The molecule has 19 heavy (non-hydrogen) atoms. The van der Waals surface area contributed by atoms with E-state index < -0.39 is 5.97 Å². The normalized spacial score (nSPS) is 12.4. The zero-order valence-corrected chi connectivity index (χ0v) is 11.4. The van der Waals surface area contributed by atoms with Gasteiger partial charge in [0.25, 0.3) is 0 Å². The summed E-state index contributed by atoms with van der Waals surface area (Å²) in [7, 11) is 0. The first-order chi connectivity index (χ1) is 8.88. The van der Waals surface area contributed by atoms with Crippen molar-refractivity contribution in [1.82, 2.24) is 5.32 Å². The molecule has 0 aromatic heterocycles. The largest absolute Gasteiger partial charge is 0.481 e. The van der Waals surface area contributed by atoms with E-state index in [2.05, 4.69) is 5.32 Å². The smallest absolute Gasteiger partial charge is 0.305 e. The van der Waals surface area contributed by atoms with Crippen molar-refractivity contribution >= 4 is 18.0 Å². The van der Waals surface area contributed by atoms with Crippen LogP contribution in [0.2, 0.25) is 0 Å². The van der Waals surface area contributed by atoms with Crippen molar-refractivity contribution in [2.24, 2.45) is 0 Å². The van der Waals surface area contributed by atoms with Crippen LogP contribution >= 0.6 is 0 Å². The van der Waals surface area contributed by atoms with Crippen molar-refractivity contribution in [3.63, 3.8) is 0 Å². The number of rotatable bonds is 5. The van der Waals surface area contributed by atoms with Gasteiger partial charge in [0.15, 0.2) is 0 Å². The van der Waals surface area contributed by atoms with Gasteiger partial charge in [-0.05, 0) is 38.0 Å². The van der Waals surface area contributed by atoms with Crippen LogP contribution in [-0.4, -0.2) is 23.0 Å². The van der Waals surface area contributed by atoms with Crippen molar-refractivity contribution in [2.75, 3.05) is 0 Å². The second-order valence-corrected chi connectivity index (χ2v) is 4.70. The molecule has 1 atom stereocenters. The Hall–Kier alpha value is -2.10. The van der Waals surface area contributed by atoms with E-state index in [-0.39, 0.29) is 18.4 Å². The molecule has 1 rings (SSSR count). The van der Waals surface area contributed by atoms with E-state index in [9.17, 15) is 9.59 Å². The summed E-state index contributed by atoms with van der Waals surface area (Å²) in [6, 6.07) is 5.60. The Labute approximate surface area is 113 Å². The molecule has 0 radical (unpaired) electrons. The lowest BCUT2D eigenvalue weighted by molar-refractivity contribution is -0.137. The van der Waals surface area contributed by atoms with E-state index >= 15 is 0 Å². The monoisotopic (exact) mass is 261 g/mol. The lowest BCUT2D eigenvalue weighted by Crippen LogP contribution is -2.32. The molecule has 0 aliphatic heterocycles. The van der Waals surface area contributed by atoms with Crippen LogP contribution in [-0.2, 0) is 9.59 Å². The molecule has 0 heterocycles. The van der Waals surface area contributed by atoms with Gasteiger partial charge < -0.3 is 10.4 Å². The van der Waals surface area contributed by atoms with Gasteiger partial charge in [0.05, 0.1) is 6.42 Å². The molecule has 1 amide bonds. The number of carbonyl (C=O) groups excluding carboxylic acids is 1. The third kappa shape index (κ3) is 5.38. The highest BCUT2D eigenvalue weighted by Crippen LogP contribution is 2.11. The zero-order valence-electron chi connectivity index (χ0n) is 11.4. The quantitative estimate of drug-likeness (QED) is 0.799. The Balaban J connectivity index is 2.61. The minimum absolute atomic E-state index is 0.0802. The Morgan fingerprint density at radius 1 is 1.37 bits per heavy atom. The van der Waals surface area contributed by atoms with Gasteiger partial charge in [0, 0.05) is 12.1 Å². The molecule has 0 aliphatic rings. The predicted molar refractivity (Wildman–Crippen MR) is 74.8 cm³/mol. The molecule has 0 fully saturated rings. The van der Waals surface area contributed by atoms with Crippen molar-refractivity contribution < 1.29 is 14.7 Å². The Morgan fingerprint density at radius 3 is 2.63 bits per heavy atom. The van der Waals surface area contributed by atoms with Gasteiger partial charge in [-0.2, -0.15) is 0 Å². The number of carboxylic acids is 1. The SMILES string of the molecule is Cc1ccc(C=CC(=O)NC(C)CC(=O)O)c(C)c1. The van der Waals surface area contributed by atoms with E-state index in [4.69, 9.17) is 5.11 Å². The number of nitrogens with one attached hydrogen (secondary N) is 1. The molecule has 0 bridgehead atoms. The van der Waals surface area contributed by atoms with Crippen molar-refractivity contribution in [2.45, 2.75) is 33.2 Å². The molecule has 2 N–H and O–H groups in total. The first-order valence-corrected chi connectivity index (χ1v) is 6.16. The van der Waals surface area contributed by atoms with Gasteiger partial charge in [-0.3, -0.25) is 9.59 Å². The van der Waals surface area contributed by atoms with E-state index in [1.165, 1.54) is 11.6 Å². The second-order valence-electron chi connectivity index (χ2n) is 4.70. The first-order valence-electron chi connectivity index (χ1n) is 6.16. The lowest BCUT2D eigenvalue weighted by Gasteiger charge is -2.09. The molecule has 1 aromatic rings. The number of amides is 1. The minimum Gasteiger partial charge on any atom is -0.481 e. The Morgan fingerprint density at radius 2 is 2.05 bits per heavy atom. The standard InChI is InChI=1S/C15H19NO3/c1-10-4-5-13(11(2)8-10)6-7-14(17)16-12(3)9-15(18)19/h4-8,12H,9H2,1-3H3,(H,16,17)(H,18,19). The fourth-order valence-electron chi connectivity index (χ4n) is 1.78. The van der Waals surface area contributed by atoms with Crippen LogP contribution in [0.25, 0.3) is 6.08 Å². The third-order valence-corrected chi connectivity index (χ3v) is 2.71. The first kappa shape index (κ1) is 15.0. The van der Waals surface area contributed by atoms with Crippen LogP contribution < -0.4 is 5.32 Å². The van der Waals surface area contributed by atoms with Crippen LogP contribution in [0, 0.1) is 13.8 Å². The highest BCUT2D eigenvalue weighted by Gasteiger charge is 2.08. The highest BCUT2D eigenvalue weighted by atomic mass is 16.4. The maximum absolute atomic E-state index is 11.6. The second kappa shape index (κ2) is 6.73. The Bertz CT molecular complexity index is 506. The molecule has 1 aromatic carbocycles. The van der Waals surface area contributed by atoms with Crippen molar-refractivity contribution in [3.8, 4) is 0 Å². The molecular weight excluding hydrogens is 242 g/mol. The zero-order chi connectivity index (χ0) is 14.4. The third-order valence-electron chi connectivity index (χ3n) is 2.71. The van der Waals surface area contributed by atoms with Crippen LogP contribution in [0.1, 0.15) is 30.0 Å². The maximum Gasteiger partial charge on any atom is 0.305 e. The van der Waals surface area contributed by atoms with E-state index in [1.807, 2.05) is 32.0 Å². The maximum atomic E-state index is 11.6. The number of carbonyl (C=O) groups is 2. The van der Waals surface area contributed by atoms with Crippen LogP contribution in [0.3, 0.4) is 0 Å². The molecule has 4 nitrogen and oxygen atoms in total. The number of aliphatic carboxylic acids is 1. The molecule has 1 unspecified atom stereocenters. The Kier molecular flexibility index (Phi) is 5.30. The van der Waals surface area contributed by atoms with Gasteiger partial charge in [-0.15, -0.1) is 0 Å². The van der Waals surface area contributed by atoms with Gasteiger partial charge in [-0.1, -0.05) is 23.8 Å². The number of carboxylic acid groups (broad SMARTS) is 1. The average molecular weight is 261 g/mol. The van der Waals surface area contributed by atoms with Crippen LogP contribution in [0.5, 0.6) is 0 Å². The van der Waals surface area contributed by atoms with Crippen molar-refractivity contribution in [1.29, 1.82) is 0 Å². The molecule has 0 aliphatic carbocycles. The average Bonchev–Trinajstić information content (AvgIpc) is 2.26. The molecule has 0 spiro atoms. The summed E-state index contributed by atoms with van der Waals surface area (Å²) in [6.07, 6.45) is 3.08. The molecular formula is C15H19NO3. The molecule has 0 saturated heterocycles. The number of hydrogen-bond acceptors (Lipinski definition) is 2. The van der Waals surface area contributed by atoms with Gasteiger partial charge in [0.2, 0.25) is 5.91 Å². The van der Waals surface area contributed by atoms with Crippen molar-refractivity contribution in [3.05, 3.63) is 41.0 Å². The van der Waals surface area contributed by atoms with E-state index in [0.29, 0.717) is 0 Å². The minimum atomic E-state index is -0.925. The summed E-state index contributed by atoms with van der Waals surface area (Å²) >= 11 is 0. The summed E-state index contributed by atoms with van der Waals surface area (Å²) in [5.74, 6) is -1.21. The summed E-state index contributed by atoms with van der Waals surface area (Å²) in [6.45, 7) is 5.66. The van der Waals surface area contributed by atoms with Gasteiger partial charge in [-0.25, -0.2) is 0 Å². The summed E-state index contributed by atoms with van der Waals surface area (Å²) in [5.41, 5.74) is 3.25. The fraction of sp³-hybridized carbons (Fsp3) is 0.333. The lowest BCUT2D eigenvalue weighted by atomic mass is 10.1. The number of hydrogen-bond donors (Lipinski definition) is 2. The number of aryl methyl sites for hydroxylation is 2. The predicted octanol–water partition coefficient (Wildman–Crippen LogP) is 2.30. The molecule has 0 saturated carbocycles. The van der Waals surface area contributed by atoms with E-state index in [1.54, 1.807) is 13.0 Å². The molecule has 4 heteroatoms. The summed E-state index contributed by atoms with van der Waals surface area (Å²) in [4.78, 5) is 22.1. The topological polar surface area (TPSA) is 66.4 Å². The molecule has 102 valence electrons.